The van der Waals surface area contributed by atoms with Crippen LogP contribution in [0.2, 0.25) is 0 Å². The Morgan fingerprint density at radius 3 is 2.50 bits per heavy atom. The Hall–Kier alpha value is -0.770. The highest BCUT2D eigenvalue weighted by atomic mass is 16.6. The van der Waals surface area contributed by atoms with E-state index >= 15 is 0 Å². The van der Waals surface area contributed by atoms with Gasteiger partial charge in [-0.3, -0.25) is 0 Å². The molecule has 4 heteroatoms. The lowest BCUT2D eigenvalue weighted by molar-refractivity contribution is 0.0648. The fourth-order valence-corrected chi connectivity index (χ4v) is 2.20. The fourth-order valence-electron chi connectivity index (χ4n) is 2.20. The summed E-state index contributed by atoms with van der Waals surface area (Å²) in [5.41, 5.74) is 5.83. The van der Waals surface area contributed by atoms with Gasteiger partial charge in [0.05, 0.1) is 0 Å². The lowest BCUT2D eigenvalue weighted by atomic mass is 10.2. The van der Waals surface area contributed by atoms with Crippen molar-refractivity contribution < 1.29 is 9.53 Å². The minimum Gasteiger partial charge on any atom is -0.444 e. The molecule has 1 heterocycles. The molecule has 2 aliphatic rings. The molecule has 14 heavy (non-hydrogen) atoms. The summed E-state index contributed by atoms with van der Waals surface area (Å²) in [6.45, 7) is 1.70. The van der Waals surface area contributed by atoms with Gasteiger partial charge in [-0.1, -0.05) is 0 Å². The second kappa shape index (κ2) is 4.17. The number of ether oxygens (including phenoxy) is 1. The molecule has 0 aromatic carbocycles. The van der Waals surface area contributed by atoms with Crippen LogP contribution in [0.25, 0.3) is 0 Å². The monoisotopic (exact) mass is 198 g/mol. The summed E-state index contributed by atoms with van der Waals surface area (Å²) in [7, 11) is 0. The van der Waals surface area contributed by atoms with E-state index in [1.54, 1.807) is 4.90 Å². The second-order valence-corrected chi connectivity index (χ2v) is 4.21. The fraction of sp³-hybridized carbons (Fsp3) is 0.900. The van der Waals surface area contributed by atoms with E-state index < -0.39 is 0 Å². The van der Waals surface area contributed by atoms with Gasteiger partial charge in [0, 0.05) is 19.1 Å². The zero-order valence-electron chi connectivity index (χ0n) is 8.45. The zero-order valence-corrected chi connectivity index (χ0v) is 8.45. The van der Waals surface area contributed by atoms with Crippen molar-refractivity contribution in [3.05, 3.63) is 0 Å². The van der Waals surface area contributed by atoms with Gasteiger partial charge >= 0.3 is 6.09 Å². The van der Waals surface area contributed by atoms with Gasteiger partial charge in [0.1, 0.15) is 6.10 Å². The van der Waals surface area contributed by atoms with Crippen molar-refractivity contribution in [2.24, 2.45) is 5.73 Å². The van der Waals surface area contributed by atoms with Crippen LogP contribution in [-0.2, 0) is 4.74 Å². The van der Waals surface area contributed by atoms with Crippen LogP contribution in [0.3, 0.4) is 0 Å². The summed E-state index contributed by atoms with van der Waals surface area (Å²) in [5, 5.41) is 0. The van der Waals surface area contributed by atoms with Crippen LogP contribution in [-0.4, -0.2) is 36.2 Å². The molecule has 1 saturated heterocycles. The van der Waals surface area contributed by atoms with E-state index in [4.69, 9.17) is 10.5 Å². The summed E-state index contributed by atoms with van der Waals surface area (Å²) < 4.78 is 5.37. The Labute approximate surface area is 84.4 Å². The largest absolute Gasteiger partial charge is 0.444 e. The van der Waals surface area contributed by atoms with Crippen LogP contribution < -0.4 is 5.73 Å². The maximum atomic E-state index is 11.6. The van der Waals surface area contributed by atoms with Gasteiger partial charge < -0.3 is 15.4 Å². The lowest BCUT2D eigenvalue weighted by Gasteiger charge is -2.21. The summed E-state index contributed by atoms with van der Waals surface area (Å²) in [4.78, 5) is 13.4. The van der Waals surface area contributed by atoms with Gasteiger partial charge in [0.15, 0.2) is 0 Å². The van der Waals surface area contributed by atoms with E-state index in [0.29, 0.717) is 0 Å². The Morgan fingerprint density at radius 1 is 1.21 bits per heavy atom. The van der Waals surface area contributed by atoms with Crippen molar-refractivity contribution in [1.82, 2.24) is 4.90 Å². The van der Waals surface area contributed by atoms with E-state index in [1.807, 2.05) is 0 Å². The van der Waals surface area contributed by atoms with Crippen LogP contribution in [0.1, 0.15) is 32.1 Å². The summed E-state index contributed by atoms with van der Waals surface area (Å²) in [6.07, 6.45) is 5.00. The summed E-state index contributed by atoms with van der Waals surface area (Å²) in [6, 6.07) is 0.0570. The number of hydrogen-bond donors (Lipinski definition) is 1. The first-order chi connectivity index (χ1) is 6.77. The number of nitrogens with zero attached hydrogens (tertiary/aromatic N) is 1. The molecule has 0 radical (unpaired) electrons. The van der Waals surface area contributed by atoms with Gasteiger partial charge in [-0.15, -0.1) is 0 Å². The summed E-state index contributed by atoms with van der Waals surface area (Å²) >= 11 is 0. The molecule has 2 fully saturated rings. The van der Waals surface area contributed by atoms with Crippen molar-refractivity contribution >= 4 is 6.09 Å². The second-order valence-electron chi connectivity index (χ2n) is 4.21. The van der Waals surface area contributed by atoms with E-state index in [1.165, 1.54) is 0 Å². The molecule has 0 unspecified atom stereocenters. The van der Waals surface area contributed by atoms with Gasteiger partial charge in [0.2, 0.25) is 0 Å². The zero-order chi connectivity index (χ0) is 9.97. The molecular weight excluding hydrogens is 180 g/mol. The van der Waals surface area contributed by atoms with Crippen LogP contribution in [0.15, 0.2) is 0 Å². The number of carbonyl (C=O) groups is 1. The van der Waals surface area contributed by atoms with Crippen molar-refractivity contribution in [1.29, 1.82) is 0 Å². The first-order valence-electron chi connectivity index (χ1n) is 5.48. The molecule has 0 spiro atoms. The van der Waals surface area contributed by atoms with Crippen molar-refractivity contribution in [3.63, 3.8) is 0 Å². The molecule has 80 valence electrons. The van der Waals surface area contributed by atoms with E-state index in [9.17, 15) is 4.79 Å². The average molecular weight is 198 g/mol. The number of amides is 1. The van der Waals surface area contributed by atoms with Gasteiger partial charge in [-0.2, -0.15) is 0 Å². The number of hydrogen-bond acceptors (Lipinski definition) is 3. The maximum Gasteiger partial charge on any atom is 0.410 e. The Kier molecular flexibility index (Phi) is 2.91. The molecule has 0 aromatic heterocycles. The number of carbonyl (C=O) groups excluding carboxylic acids is 1. The van der Waals surface area contributed by atoms with E-state index in [-0.39, 0.29) is 18.2 Å². The first kappa shape index (κ1) is 9.77. The highest BCUT2D eigenvalue weighted by Gasteiger charge is 2.29. The molecule has 4 nitrogen and oxygen atoms in total. The smallest absolute Gasteiger partial charge is 0.410 e. The quantitative estimate of drug-likeness (QED) is 0.686. The molecule has 1 amide bonds. The van der Waals surface area contributed by atoms with Crippen LogP contribution in [0.4, 0.5) is 4.79 Å². The number of nitrogens with two attached hydrogens (primary N) is 1. The topological polar surface area (TPSA) is 55.6 Å². The molecule has 1 aliphatic carbocycles. The third-order valence-electron chi connectivity index (χ3n) is 3.12. The van der Waals surface area contributed by atoms with E-state index in [2.05, 4.69) is 0 Å². The standard InChI is InChI=1S/C10H18N2O2/c11-8-4-3-5-9(8)14-10(13)12-6-1-2-7-12/h8-9H,1-7,11H2/t8-,9-/m1/s1. The van der Waals surface area contributed by atoms with Crippen LogP contribution in [0, 0.1) is 0 Å². The Morgan fingerprint density at radius 2 is 1.93 bits per heavy atom. The Balaban J connectivity index is 1.81. The molecule has 0 bridgehead atoms. The van der Waals surface area contributed by atoms with Crippen LogP contribution in [0.5, 0.6) is 0 Å². The highest BCUT2D eigenvalue weighted by molar-refractivity contribution is 5.68. The van der Waals surface area contributed by atoms with Gasteiger partial charge in [0.25, 0.3) is 0 Å². The Bertz CT molecular complexity index is 214. The lowest BCUT2D eigenvalue weighted by Crippen LogP contribution is -2.38. The molecule has 1 aliphatic heterocycles. The van der Waals surface area contributed by atoms with Gasteiger partial charge in [-0.25, -0.2) is 4.79 Å². The molecule has 2 rings (SSSR count). The third kappa shape index (κ3) is 2.00. The van der Waals surface area contributed by atoms with Crippen molar-refractivity contribution in [2.75, 3.05) is 13.1 Å². The van der Waals surface area contributed by atoms with E-state index in [0.717, 1.165) is 45.2 Å². The van der Waals surface area contributed by atoms with Gasteiger partial charge in [-0.05, 0) is 32.1 Å². The highest BCUT2D eigenvalue weighted by Crippen LogP contribution is 2.21. The molecule has 2 N–H and O–H groups in total. The first-order valence-corrected chi connectivity index (χ1v) is 5.48. The van der Waals surface area contributed by atoms with Crippen molar-refractivity contribution in [3.8, 4) is 0 Å². The number of likely N-dealkylation sites (tertiary alicyclic amines) is 1. The minimum atomic E-state index is -0.162. The third-order valence-corrected chi connectivity index (χ3v) is 3.12. The minimum absolute atomic E-state index is 0.0388. The number of rotatable bonds is 1. The molecule has 2 atom stereocenters. The normalized spacial score (nSPS) is 32.2. The SMILES string of the molecule is N[C@@H]1CCC[C@H]1OC(=O)N1CCCC1. The predicted molar refractivity (Wildman–Crippen MR) is 52.9 cm³/mol. The molecule has 1 saturated carbocycles. The predicted octanol–water partition coefficient (Wildman–Crippen LogP) is 1.10. The molecule has 0 aromatic rings. The van der Waals surface area contributed by atoms with Crippen LogP contribution >= 0.6 is 0 Å². The average Bonchev–Trinajstić information content (AvgIpc) is 2.77. The summed E-state index contributed by atoms with van der Waals surface area (Å²) in [5.74, 6) is 0. The maximum absolute atomic E-state index is 11.6. The van der Waals surface area contributed by atoms with Crippen molar-refractivity contribution in [2.45, 2.75) is 44.2 Å². The molecular formula is C10H18N2O2.